The first kappa shape index (κ1) is 17.0. The number of benzene rings is 1. The quantitative estimate of drug-likeness (QED) is 0.585. The second kappa shape index (κ2) is 7.83. The lowest BCUT2D eigenvalue weighted by atomic mass is 10.1. The van der Waals surface area contributed by atoms with Crippen molar-refractivity contribution in [2.45, 2.75) is 13.3 Å². The SMILES string of the molecule is CN=C(/C=C\CC(=O)c1ccc2c(c1)OCO2)/C=C/C1=CC(C)CO1. The number of ketones is 1. The highest BCUT2D eigenvalue weighted by Gasteiger charge is 2.15. The zero-order valence-electron chi connectivity index (χ0n) is 14.4. The van der Waals surface area contributed by atoms with Gasteiger partial charge in [0, 0.05) is 24.9 Å². The van der Waals surface area contributed by atoms with E-state index in [0.717, 1.165) is 18.1 Å². The molecule has 0 saturated heterocycles. The van der Waals surface area contributed by atoms with Crippen molar-refractivity contribution in [1.82, 2.24) is 0 Å². The van der Waals surface area contributed by atoms with E-state index < -0.39 is 0 Å². The van der Waals surface area contributed by atoms with Crippen LogP contribution in [-0.2, 0) is 4.74 Å². The van der Waals surface area contributed by atoms with Gasteiger partial charge >= 0.3 is 0 Å². The van der Waals surface area contributed by atoms with Crippen molar-refractivity contribution >= 4 is 11.5 Å². The van der Waals surface area contributed by atoms with Crippen LogP contribution in [0.3, 0.4) is 0 Å². The number of hydrogen-bond acceptors (Lipinski definition) is 5. The number of Topliss-reactive ketones (excluding diaryl/α,β-unsaturated/α-hetero) is 1. The summed E-state index contributed by atoms with van der Waals surface area (Å²) < 4.78 is 16.1. The highest BCUT2D eigenvalue weighted by atomic mass is 16.7. The van der Waals surface area contributed by atoms with Crippen LogP contribution in [0.15, 0.2) is 59.3 Å². The number of carbonyl (C=O) groups excluding carboxylic acids is 1. The first-order chi connectivity index (χ1) is 12.2. The lowest BCUT2D eigenvalue weighted by molar-refractivity contribution is 0.0995. The summed E-state index contributed by atoms with van der Waals surface area (Å²) in [7, 11) is 1.72. The summed E-state index contributed by atoms with van der Waals surface area (Å²) in [5.41, 5.74) is 1.39. The van der Waals surface area contributed by atoms with Gasteiger partial charge in [-0.25, -0.2) is 0 Å². The number of rotatable bonds is 6. The second-order valence-corrected chi connectivity index (χ2v) is 5.94. The smallest absolute Gasteiger partial charge is 0.231 e. The van der Waals surface area contributed by atoms with Crippen molar-refractivity contribution in [3.8, 4) is 11.5 Å². The van der Waals surface area contributed by atoms with Crippen LogP contribution in [0.25, 0.3) is 0 Å². The summed E-state index contributed by atoms with van der Waals surface area (Å²) in [6.45, 7) is 3.03. The Morgan fingerprint density at radius 1 is 1.24 bits per heavy atom. The number of hydrogen-bond donors (Lipinski definition) is 0. The standard InChI is InChI=1S/C20H21NO4/c1-14-10-17(23-12-14)8-7-16(21-2)4-3-5-18(22)15-6-9-19-20(11-15)25-13-24-19/h3-4,6-11,14H,5,12-13H2,1-2H3/b4-3-,8-7+,21-16?. The fourth-order valence-electron chi connectivity index (χ4n) is 2.55. The molecule has 0 radical (unpaired) electrons. The van der Waals surface area contributed by atoms with Crippen LogP contribution in [0.5, 0.6) is 11.5 Å². The Morgan fingerprint density at radius 2 is 2.08 bits per heavy atom. The summed E-state index contributed by atoms with van der Waals surface area (Å²) in [5, 5.41) is 0. The van der Waals surface area contributed by atoms with Gasteiger partial charge in [0.25, 0.3) is 0 Å². The van der Waals surface area contributed by atoms with Gasteiger partial charge in [-0.15, -0.1) is 0 Å². The molecule has 1 aromatic rings. The van der Waals surface area contributed by atoms with Gasteiger partial charge in [0.1, 0.15) is 5.76 Å². The molecular formula is C20H21NO4. The predicted octanol–water partition coefficient (Wildman–Crippen LogP) is 3.72. The number of aliphatic imine (C=N–C) groups is 1. The Balaban J connectivity index is 1.57. The van der Waals surface area contributed by atoms with Crippen molar-refractivity contribution in [3.05, 3.63) is 59.9 Å². The molecule has 0 amide bonds. The lowest BCUT2D eigenvalue weighted by Gasteiger charge is -2.00. The van der Waals surface area contributed by atoms with E-state index in [1.54, 1.807) is 25.2 Å². The van der Waals surface area contributed by atoms with E-state index in [4.69, 9.17) is 14.2 Å². The van der Waals surface area contributed by atoms with E-state index in [9.17, 15) is 4.79 Å². The number of carbonyl (C=O) groups is 1. The van der Waals surface area contributed by atoms with Crippen molar-refractivity contribution < 1.29 is 19.0 Å². The summed E-state index contributed by atoms with van der Waals surface area (Å²) in [4.78, 5) is 16.5. The largest absolute Gasteiger partial charge is 0.493 e. The van der Waals surface area contributed by atoms with Crippen LogP contribution < -0.4 is 9.47 Å². The number of allylic oxidation sites excluding steroid dienone is 4. The summed E-state index contributed by atoms with van der Waals surface area (Å²) in [5.74, 6) is 2.61. The van der Waals surface area contributed by atoms with Crippen LogP contribution in [0.4, 0.5) is 0 Å². The van der Waals surface area contributed by atoms with E-state index in [1.165, 1.54) is 0 Å². The monoisotopic (exact) mass is 339 g/mol. The van der Waals surface area contributed by atoms with E-state index in [1.807, 2.05) is 24.3 Å². The molecule has 0 aromatic heterocycles. The molecule has 0 N–H and O–H groups in total. The first-order valence-corrected chi connectivity index (χ1v) is 8.24. The third-order valence-corrected chi connectivity index (χ3v) is 3.92. The second-order valence-electron chi connectivity index (χ2n) is 5.94. The van der Waals surface area contributed by atoms with Crippen LogP contribution in [-0.4, -0.2) is 31.9 Å². The molecule has 3 rings (SSSR count). The Morgan fingerprint density at radius 3 is 2.84 bits per heavy atom. The average Bonchev–Trinajstić information content (AvgIpc) is 3.25. The minimum Gasteiger partial charge on any atom is -0.493 e. The molecule has 25 heavy (non-hydrogen) atoms. The molecule has 5 nitrogen and oxygen atoms in total. The molecule has 2 aliphatic rings. The summed E-state index contributed by atoms with van der Waals surface area (Å²) in [6, 6.07) is 5.24. The van der Waals surface area contributed by atoms with Crippen LogP contribution >= 0.6 is 0 Å². The van der Waals surface area contributed by atoms with Gasteiger partial charge < -0.3 is 14.2 Å². The van der Waals surface area contributed by atoms with Gasteiger partial charge in [-0.05, 0) is 42.5 Å². The summed E-state index contributed by atoms with van der Waals surface area (Å²) >= 11 is 0. The van der Waals surface area contributed by atoms with E-state index in [0.29, 0.717) is 29.4 Å². The predicted molar refractivity (Wildman–Crippen MR) is 96.4 cm³/mol. The number of nitrogens with zero attached hydrogens (tertiary/aromatic N) is 1. The van der Waals surface area contributed by atoms with Gasteiger partial charge in [-0.2, -0.15) is 0 Å². The molecule has 130 valence electrons. The summed E-state index contributed by atoms with van der Waals surface area (Å²) in [6.07, 6.45) is 9.80. The average molecular weight is 339 g/mol. The van der Waals surface area contributed by atoms with Crippen molar-refractivity contribution in [2.75, 3.05) is 20.4 Å². The number of fused-ring (bicyclic) bond motifs is 1. The first-order valence-electron chi connectivity index (χ1n) is 8.24. The fraction of sp³-hybridized carbons (Fsp3) is 0.300. The van der Waals surface area contributed by atoms with Crippen molar-refractivity contribution in [2.24, 2.45) is 10.9 Å². The molecule has 1 unspecified atom stereocenters. The molecular weight excluding hydrogens is 318 g/mol. The van der Waals surface area contributed by atoms with Crippen molar-refractivity contribution in [1.29, 1.82) is 0 Å². The minimum absolute atomic E-state index is 0.0182. The molecule has 1 aromatic carbocycles. The molecule has 1 atom stereocenters. The molecule has 0 bridgehead atoms. The van der Waals surface area contributed by atoms with Gasteiger partial charge in [0.15, 0.2) is 17.3 Å². The Labute approximate surface area is 147 Å². The molecule has 2 heterocycles. The molecule has 0 spiro atoms. The molecule has 0 aliphatic carbocycles. The van der Waals surface area contributed by atoms with Crippen molar-refractivity contribution in [3.63, 3.8) is 0 Å². The van der Waals surface area contributed by atoms with Crippen LogP contribution in [0.2, 0.25) is 0 Å². The zero-order valence-corrected chi connectivity index (χ0v) is 14.4. The van der Waals surface area contributed by atoms with Crippen LogP contribution in [0.1, 0.15) is 23.7 Å². The third-order valence-electron chi connectivity index (χ3n) is 3.92. The van der Waals surface area contributed by atoms with Crippen LogP contribution in [0, 0.1) is 5.92 Å². The molecule has 0 fully saturated rings. The van der Waals surface area contributed by atoms with Gasteiger partial charge in [-0.3, -0.25) is 9.79 Å². The normalized spacial score (nSPS) is 19.5. The Kier molecular flexibility index (Phi) is 5.33. The lowest BCUT2D eigenvalue weighted by Crippen LogP contribution is -1.98. The zero-order chi connectivity index (χ0) is 17.6. The highest BCUT2D eigenvalue weighted by Crippen LogP contribution is 2.32. The Bertz CT molecular complexity index is 774. The third kappa shape index (κ3) is 4.38. The minimum atomic E-state index is 0.0182. The van der Waals surface area contributed by atoms with Gasteiger partial charge in [-0.1, -0.05) is 13.0 Å². The Hall–Kier alpha value is -2.82. The maximum Gasteiger partial charge on any atom is 0.231 e. The van der Waals surface area contributed by atoms with E-state index in [-0.39, 0.29) is 12.6 Å². The highest BCUT2D eigenvalue weighted by molar-refractivity contribution is 6.05. The molecule has 0 saturated carbocycles. The maximum atomic E-state index is 12.3. The molecule has 5 heteroatoms. The number of ether oxygens (including phenoxy) is 3. The van der Waals surface area contributed by atoms with Gasteiger partial charge in [0.05, 0.1) is 12.3 Å². The maximum absolute atomic E-state index is 12.3. The topological polar surface area (TPSA) is 57.1 Å². The van der Waals surface area contributed by atoms with Gasteiger partial charge in [0.2, 0.25) is 6.79 Å². The molecule has 2 aliphatic heterocycles. The fourth-order valence-corrected chi connectivity index (χ4v) is 2.55. The van der Waals surface area contributed by atoms with E-state index >= 15 is 0 Å². The van der Waals surface area contributed by atoms with E-state index in [2.05, 4.69) is 18.0 Å².